The van der Waals surface area contributed by atoms with Gasteiger partial charge in [-0.3, -0.25) is 18.2 Å². The number of aromatic nitrogens is 3. The molecule has 2 heterocycles. The van der Waals surface area contributed by atoms with Gasteiger partial charge in [-0.25, -0.2) is 4.98 Å². The Balaban J connectivity index is 0.00000118. The fraction of sp³-hybridized carbons (Fsp3) is 0.0952. The van der Waals surface area contributed by atoms with Gasteiger partial charge in [0.05, 0.1) is 38.8 Å². The number of aryl methyl sites for hydroxylation is 1. The van der Waals surface area contributed by atoms with E-state index in [1.165, 1.54) is 53.8 Å². The number of aromatic hydroxyl groups is 2. The van der Waals surface area contributed by atoms with Gasteiger partial charge in [0.15, 0.2) is 11.4 Å². The third-order valence-electron chi connectivity index (χ3n) is 10.1. The standard InChI is InChI=1S/C42H33N9O15S5.2O3S/c1-23-20-32(34(66-18-7-19-68(54,55)56)22-31(23)46-49-42-43-28-10-5-6-11-35(28)67-42)47-44-29-15-14-27-26(39(29)52)13-16-30(40(27)71(63,64)65)45-48-38-37(24-8-3-2-4-9-24)50-51(41(38)53)33-17-12-25(69(57,58)59)21-36(33)70(60,61)62;2*1-4(2)3/h2-6,8-17,20-22,52-53H,7,18-19H2,1H3,(H,54,55,56)(H,57,58,59)(H,60,61,62)(H,63,64,65);;. The van der Waals surface area contributed by atoms with Crippen LogP contribution < -0.4 is 4.74 Å². The summed E-state index contributed by atoms with van der Waals surface area (Å²) < 4.78 is 194. The van der Waals surface area contributed by atoms with E-state index in [1.54, 1.807) is 25.1 Å². The molecule has 0 amide bonds. The van der Waals surface area contributed by atoms with Crippen molar-refractivity contribution in [1.29, 1.82) is 0 Å². The SMILES string of the molecule is Cc1cc(N=Nc2ccc3c(S(=O)(=O)O)c(N=Nc4c(-c5ccccc5)nn(-c5ccc(S(=O)(=O)O)cc5S(=O)(=O)O)c4O)ccc3c2O)c(OCCCS(=O)(=O)O)cc1N=Nc1nc2ccccc2s1.O=S(=O)=O.O=S(=O)=O. The second-order valence-electron chi connectivity index (χ2n) is 15.4. The summed E-state index contributed by atoms with van der Waals surface area (Å²) in [5, 5.41) is 52.1. The maximum Gasteiger partial charge on any atom is 0.425 e. The molecule has 79 heavy (non-hydrogen) atoms. The Bertz CT molecular complexity index is 4430. The van der Waals surface area contributed by atoms with Crippen molar-refractivity contribution in [3.05, 3.63) is 115 Å². The predicted octanol–water partition coefficient (Wildman–Crippen LogP) is 7.66. The van der Waals surface area contributed by atoms with E-state index in [4.69, 9.17) is 30.0 Å². The number of benzene rings is 6. The van der Waals surface area contributed by atoms with Crippen molar-refractivity contribution < 1.29 is 92.1 Å². The van der Waals surface area contributed by atoms with Crippen LogP contribution in [0.5, 0.6) is 17.4 Å². The average molecular weight is 1220 g/mol. The predicted molar refractivity (Wildman–Crippen MR) is 275 cm³/mol. The number of rotatable bonds is 16. The highest BCUT2D eigenvalue weighted by molar-refractivity contribution is 7.87. The number of phenolic OH excluding ortho intramolecular Hbond substituents is 1. The van der Waals surface area contributed by atoms with E-state index in [0.717, 1.165) is 28.4 Å². The molecule has 37 heteroatoms. The molecule has 6 N–H and O–H groups in total. The number of hydrogen-bond acceptors (Lipinski definition) is 26. The smallest absolute Gasteiger partial charge is 0.425 e. The summed E-state index contributed by atoms with van der Waals surface area (Å²) in [5.74, 6) is -2.11. The van der Waals surface area contributed by atoms with E-state index in [9.17, 15) is 62.1 Å². The fourth-order valence-corrected chi connectivity index (χ4v) is 10.2. The molecule has 8 rings (SSSR count). The Hall–Kier alpha value is -8.24. The minimum absolute atomic E-state index is 0.0535. The van der Waals surface area contributed by atoms with Crippen LogP contribution in [0.25, 0.3) is 37.9 Å². The quantitative estimate of drug-likeness (QED) is 0.0307. The highest BCUT2D eigenvalue weighted by Crippen LogP contribution is 2.45. The molecule has 6 aromatic carbocycles. The summed E-state index contributed by atoms with van der Waals surface area (Å²) in [6.45, 7) is 1.49. The van der Waals surface area contributed by atoms with Crippen LogP contribution in [0.4, 0.5) is 33.6 Å². The molecule has 0 bridgehead atoms. The molecule has 0 aliphatic carbocycles. The summed E-state index contributed by atoms with van der Waals surface area (Å²) in [5.41, 5.74) is -0.161. The monoisotopic (exact) mass is 1220 g/mol. The number of ether oxygens (including phenoxy) is 1. The molecule has 414 valence electrons. The zero-order valence-electron chi connectivity index (χ0n) is 39.2. The van der Waals surface area contributed by atoms with E-state index in [-0.39, 0.29) is 52.2 Å². The largest absolute Gasteiger partial charge is 0.505 e. The van der Waals surface area contributed by atoms with Crippen molar-refractivity contribution in [2.45, 2.75) is 28.0 Å². The number of azo groups is 3. The zero-order chi connectivity index (χ0) is 58.2. The summed E-state index contributed by atoms with van der Waals surface area (Å²) in [4.78, 5) is 1.54. The first-order chi connectivity index (χ1) is 36.9. The Kier molecular flexibility index (Phi) is 18.7. The molecule has 0 aliphatic heterocycles. The van der Waals surface area contributed by atoms with Crippen molar-refractivity contribution in [1.82, 2.24) is 14.8 Å². The van der Waals surface area contributed by atoms with Gasteiger partial charge < -0.3 is 14.9 Å². The second kappa shape index (κ2) is 24.6. The van der Waals surface area contributed by atoms with Gasteiger partial charge in [0.25, 0.3) is 40.5 Å². The summed E-state index contributed by atoms with van der Waals surface area (Å²) in [6, 6.07) is 24.8. The normalized spacial score (nSPS) is 12.2. The number of hydrogen-bond donors (Lipinski definition) is 6. The van der Waals surface area contributed by atoms with Gasteiger partial charge in [-0.2, -0.15) is 43.5 Å². The van der Waals surface area contributed by atoms with Crippen molar-refractivity contribution in [3.63, 3.8) is 0 Å². The van der Waals surface area contributed by atoms with Gasteiger partial charge in [0, 0.05) is 22.4 Å². The minimum Gasteiger partial charge on any atom is -0.505 e. The first-order valence-electron chi connectivity index (χ1n) is 21.0. The Labute approximate surface area is 451 Å². The van der Waals surface area contributed by atoms with Gasteiger partial charge in [-0.1, -0.05) is 59.9 Å². The third kappa shape index (κ3) is 15.7. The highest BCUT2D eigenvalue weighted by atomic mass is 32.2. The molecule has 0 atom stereocenters. The maximum absolute atomic E-state index is 13.0. The number of thiazole rings is 1. The first kappa shape index (κ1) is 60.0. The molecule has 0 unspecified atom stereocenters. The minimum atomic E-state index is -5.27. The van der Waals surface area contributed by atoms with Crippen LogP contribution >= 0.6 is 11.3 Å². The Morgan fingerprint density at radius 3 is 1.84 bits per heavy atom. The number of nitrogens with zero attached hydrogens (tertiary/aromatic N) is 9. The lowest BCUT2D eigenvalue weighted by molar-refractivity contribution is 0.317. The molecule has 30 nitrogen and oxygen atoms in total. The fourth-order valence-electron chi connectivity index (χ4n) is 6.86. The van der Waals surface area contributed by atoms with Crippen LogP contribution in [-0.2, 0) is 61.7 Å². The van der Waals surface area contributed by atoms with Crippen LogP contribution in [0.1, 0.15) is 12.0 Å². The summed E-state index contributed by atoms with van der Waals surface area (Å²) in [6.07, 6.45) is -0.109. The molecule has 2 aromatic heterocycles. The van der Waals surface area contributed by atoms with Crippen LogP contribution in [0.15, 0.2) is 155 Å². The Morgan fingerprint density at radius 2 is 1.22 bits per heavy atom. The molecular weight excluding hydrogens is 1190 g/mol. The third-order valence-corrected chi connectivity index (χ3v) is 14.5. The molecule has 0 saturated heterocycles. The summed E-state index contributed by atoms with van der Waals surface area (Å²) in [7, 11) is -26.0. The number of para-hydroxylation sites is 1. The van der Waals surface area contributed by atoms with Crippen molar-refractivity contribution >= 4 is 128 Å². The van der Waals surface area contributed by atoms with E-state index in [2.05, 4.69) is 40.8 Å². The van der Waals surface area contributed by atoms with Gasteiger partial charge in [-0.05, 0) is 73.5 Å². The number of fused-ring (bicyclic) bond motifs is 2. The van der Waals surface area contributed by atoms with Gasteiger partial charge >= 0.3 is 21.2 Å². The van der Waals surface area contributed by atoms with Crippen molar-refractivity contribution in [2.75, 3.05) is 12.4 Å². The topological polar surface area (TPSA) is 474 Å². The molecular formula is C42H33N9O21S7. The van der Waals surface area contributed by atoms with Crippen LogP contribution in [0.3, 0.4) is 0 Å². The molecule has 0 aliphatic rings. The Morgan fingerprint density at radius 1 is 0.620 bits per heavy atom. The second-order valence-corrected chi connectivity index (χ2v) is 22.9. The summed E-state index contributed by atoms with van der Waals surface area (Å²) >= 11 is 1.31. The molecule has 0 spiro atoms. The van der Waals surface area contributed by atoms with Crippen molar-refractivity contribution in [3.8, 4) is 34.3 Å². The highest BCUT2D eigenvalue weighted by Gasteiger charge is 2.28. The molecule has 0 saturated carbocycles. The molecule has 0 fully saturated rings. The number of phenols is 1. The van der Waals surface area contributed by atoms with Crippen LogP contribution in [-0.4, -0.2) is 114 Å². The van der Waals surface area contributed by atoms with Gasteiger partial charge in [0.2, 0.25) is 11.0 Å². The maximum atomic E-state index is 13.0. The van der Waals surface area contributed by atoms with Crippen molar-refractivity contribution in [2.24, 2.45) is 30.7 Å². The molecule has 0 radical (unpaired) electrons. The molecule has 8 aromatic rings. The lowest BCUT2D eigenvalue weighted by Gasteiger charge is -2.11. The van der Waals surface area contributed by atoms with E-state index in [0.29, 0.717) is 27.1 Å². The first-order valence-corrected chi connectivity index (χ1v) is 29.8. The van der Waals surface area contributed by atoms with E-state index >= 15 is 0 Å². The zero-order valence-corrected chi connectivity index (χ0v) is 44.9. The lowest BCUT2D eigenvalue weighted by atomic mass is 10.1. The van der Waals surface area contributed by atoms with Gasteiger partial charge in [0.1, 0.15) is 38.3 Å². The van der Waals surface area contributed by atoms with E-state index in [1.807, 2.05) is 24.3 Å². The van der Waals surface area contributed by atoms with Crippen LogP contribution in [0, 0.1) is 6.92 Å². The average Bonchev–Trinajstić information content (AvgIpc) is 3.94. The van der Waals surface area contributed by atoms with Gasteiger partial charge in [-0.15, -0.1) is 55.9 Å². The lowest BCUT2D eigenvalue weighted by Crippen LogP contribution is -2.09. The van der Waals surface area contributed by atoms with Crippen LogP contribution in [0.2, 0.25) is 0 Å². The van der Waals surface area contributed by atoms with E-state index < -0.39 is 111 Å².